The molecule has 0 aliphatic heterocycles. The summed E-state index contributed by atoms with van der Waals surface area (Å²) in [6, 6.07) is -0.317. The number of rotatable bonds is 10. The minimum absolute atomic E-state index is 0.224. The van der Waals surface area contributed by atoms with Crippen LogP contribution in [0, 0.1) is 0 Å². The van der Waals surface area contributed by atoms with E-state index in [4.69, 9.17) is 21.9 Å². The average molecular weight is 245 g/mol. The molecule has 2 atom stereocenters. The average Bonchev–Trinajstić information content (AvgIpc) is 2.33. The molecule has 0 bridgehead atoms. The minimum Gasteiger partial charge on any atom is -0.463 e. The molecule has 0 saturated carbocycles. The van der Waals surface area contributed by atoms with E-state index < -0.39 is 6.04 Å². The lowest BCUT2D eigenvalue weighted by molar-refractivity contribution is -0.145. The lowest BCUT2D eigenvalue weighted by Crippen LogP contribution is -2.33. The van der Waals surface area contributed by atoms with Crippen LogP contribution in [-0.4, -0.2) is 31.2 Å². The van der Waals surface area contributed by atoms with E-state index in [2.05, 4.69) is 6.92 Å². The first-order valence-corrected chi connectivity index (χ1v) is 6.49. The van der Waals surface area contributed by atoms with Crippen molar-refractivity contribution in [3.8, 4) is 0 Å². The van der Waals surface area contributed by atoms with Gasteiger partial charge in [0.15, 0.2) is 0 Å². The quantitative estimate of drug-likeness (QED) is 0.486. The van der Waals surface area contributed by atoms with Crippen LogP contribution in [-0.2, 0) is 9.53 Å². The number of ether oxygens (including phenoxy) is 1. The molecule has 0 aliphatic rings. The first-order valence-electron chi connectivity index (χ1n) is 6.49. The monoisotopic (exact) mass is 245 g/mol. The number of carbonyl (C=O) groups is 1. The normalized spacial score (nSPS) is 14.4. The third-order valence-corrected chi connectivity index (χ3v) is 2.68. The van der Waals surface area contributed by atoms with Gasteiger partial charge in [-0.3, -0.25) is 4.79 Å². The van der Waals surface area contributed by atoms with Crippen LogP contribution in [0.3, 0.4) is 0 Å². The molecule has 0 rings (SSSR count). The van der Waals surface area contributed by atoms with Crippen LogP contribution >= 0.6 is 0 Å². The Morgan fingerprint density at radius 3 is 2.41 bits per heavy atom. The smallest absolute Gasteiger partial charge is 0.322 e. The van der Waals surface area contributed by atoms with Gasteiger partial charge in [-0.15, -0.1) is 0 Å². The van der Waals surface area contributed by atoms with Crippen LogP contribution in [0.4, 0.5) is 0 Å². The topological polar surface area (TPSA) is 104 Å². The molecule has 0 aliphatic carbocycles. The van der Waals surface area contributed by atoms with Gasteiger partial charge in [0.05, 0.1) is 0 Å². The van der Waals surface area contributed by atoms with E-state index in [1.54, 1.807) is 0 Å². The first kappa shape index (κ1) is 16.4. The molecule has 0 aromatic heterocycles. The Labute approximate surface area is 104 Å². The molecule has 0 radical (unpaired) electrons. The van der Waals surface area contributed by atoms with Gasteiger partial charge in [0.25, 0.3) is 0 Å². The van der Waals surface area contributed by atoms with E-state index in [9.17, 15) is 4.79 Å². The van der Waals surface area contributed by atoms with Gasteiger partial charge in [0, 0.05) is 12.6 Å². The van der Waals surface area contributed by atoms with Gasteiger partial charge in [-0.05, 0) is 25.7 Å². The molecule has 0 fully saturated rings. The van der Waals surface area contributed by atoms with Crippen molar-refractivity contribution >= 4 is 5.97 Å². The third-order valence-electron chi connectivity index (χ3n) is 2.68. The second kappa shape index (κ2) is 10.5. The Balaban J connectivity index is 3.55. The maximum Gasteiger partial charge on any atom is 0.322 e. The molecule has 0 heterocycles. The molecule has 102 valence electrons. The van der Waals surface area contributed by atoms with Crippen molar-refractivity contribution in [3.63, 3.8) is 0 Å². The predicted molar refractivity (Wildman–Crippen MR) is 69.3 cm³/mol. The highest BCUT2D eigenvalue weighted by atomic mass is 16.5. The number of hydrogen-bond acceptors (Lipinski definition) is 5. The maximum absolute atomic E-state index is 11.3. The minimum atomic E-state index is -0.542. The molecular formula is C12H27N3O2. The molecule has 17 heavy (non-hydrogen) atoms. The predicted octanol–water partition coefficient (Wildman–Crippen LogP) is 0.503. The lowest BCUT2D eigenvalue weighted by Gasteiger charge is -2.13. The Kier molecular flexibility index (Phi) is 10.1. The summed E-state index contributed by atoms with van der Waals surface area (Å²) in [6.07, 6.45) is 5.78. The molecule has 5 nitrogen and oxygen atoms in total. The van der Waals surface area contributed by atoms with Gasteiger partial charge in [0.1, 0.15) is 12.6 Å². The van der Waals surface area contributed by atoms with Gasteiger partial charge >= 0.3 is 5.97 Å². The molecule has 0 aromatic carbocycles. The van der Waals surface area contributed by atoms with Crippen molar-refractivity contribution in [1.29, 1.82) is 0 Å². The number of carbonyl (C=O) groups excluding carboxylic acids is 1. The second-order valence-electron chi connectivity index (χ2n) is 4.40. The fraction of sp³-hybridized carbons (Fsp3) is 0.917. The van der Waals surface area contributed by atoms with Crippen molar-refractivity contribution < 1.29 is 9.53 Å². The van der Waals surface area contributed by atoms with Crippen molar-refractivity contribution in [1.82, 2.24) is 0 Å². The largest absolute Gasteiger partial charge is 0.463 e. The summed E-state index contributed by atoms with van der Waals surface area (Å²) in [7, 11) is 0. The Hall–Kier alpha value is -0.650. The molecule has 0 saturated heterocycles. The molecule has 0 amide bonds. The molecule has 2 unspecified atom stereocenters. The molecule has 6 N–H and O–H groups in total. The number of unbranched alkanes of at least 4 members (excludes halogenated alkanes) is 1. The van der Waals surface area contributed by atoms with Crippen LogP contribution in [0.15, 0.2) is 0 Å². The van der Waals surface area contributed by atoms with Crippen LogP contribution in [0.1, 0.15) is 45.4 Å². The van der Waals surface area contributed by atoms with E-state index >= 15 is 0 Å². The summed E-state index contributed by atoms with van der Waals surface area (Å²) in [5.74, 6) is -0.363. The highest BCUT2D eigenvalue weighted by molar-refractivity contribution is 5.75. The SMILES string of the molecule is CCCCC(N)CCCC(N)C(=O)OCCN. The van der Waals surface area contributed by atoms with Crippen LogP contribution in [0.2, 0.25) is 0 Å². The summed E-state index contributed by atoms with van der Waals surface area (Å²) in [5.41, 5.74) is 16.8. The van der Waals surface area contributed by atoms with Crippen molar-refractivity contribution in [2.45, 2.75) is 57.5 Å². The molecule has 0 spiro atoms. The zero-order chi connectivity index (χ0) is 13.1. The summed E-state index contributed by atoms with van der Waals surface area (Å²) in [5, 5.41) is 0. The number of hydrogen-bond donors (Lipinski definition) is 3. The standard InChI is InChI=1S/C12H27N3O2/c1-2-3-5-10(14)6-4-7-11(15)12(16)17-9-8-13/h10-11H,2-9,13-15H2,1H3. The van der Waals surface area contributed by atoms with E-state index in [1.807, 2.05) is 0 Å². The lowest BCUT2D eigenvalue weighted by atomic mass is 10.0. The van der Waals surface area contributed by atoms with Gasteiger partial charge in [-0.2, -0.15) is 0 Å². The summed E-state index contributed by atoms with van der Waals surface area (Å²) in [6.45, 7) is 2.72. The van der Waals surface area contributed by atoms with Gasteiger partial charge in [-0.1, -0.05) is 19.8 Å². The van der Waals surface area contributed by atoms with E-state index in [0.717, 1.165) is 25.7 Å². The van der Waals surface area contributed by atoms with Crippen LogP contribution in [0.25, 0.3) is 0 Å². The van der Waals surface area contributed by atoms with Crippen LogP contribution in [0.5, 0.6) is 0 Å². The zero-order valence-corrected chi connectivity index (χ0v) is 10.9. The van der Waals surface area contributed by atoms with E-state index in [1.165, 1.54) is 6.42 Å². The van der Waals surface area contributed by atoms with Crippen LogP contribution < -0.4 is 17.2 Å². The molecule has 0 aromatic rings. The zero-order valence-electron chi connectivity index (χ0n) is 10.9. The fourth-order valence-corrected chi connectivity index (χ4v) is 1.60. The van der Waals surface area contributed by atoms with Crippen molar-refractivity contribution in [3.05, 3.63) is 0 Å². The maximum atomic E-state index is 11.3. The fourth-order valence-electron chi connectivity index (χ4n) is 1.60. The van der Waals surface area contributed by atoms with Gasteiger partial charge in [0.2, 0.25) is 0 Å². The highest BCUT2D eigenvalue weighted by Gasteiger charge is 2.14. The van der Waals surface area contributed by atoms with E-state index in [0.29, 0.717) is 13.0 Å². The Bertz CT molecular complexity index is 200. The summed E-state index contributed by atoms with van der Waals surface area (Å²) < 4.78 is 4.86. The van der Waals surface area contributed by atoms with Crippen molar-refractivity contribution in [2.75, 3.05) is 13.2 Å². The third kappa shape index (κ3) is 9.09. The second-order valence-corrected chi connectivity index (χ2v) is 4.40. The summed E-state index contributed by atoms with van der Waals surface area (Å²) in [4.78, 5) is 11.3. The van der Waals surface area contributed by atoms with E-state index in [-0.39, 0.29) is 18.6 Å². The molecule has 5 heteroatoms. The van der Waals surface area contributed by atoms with Crippen molar-refractivity contribution in [2.24, 2.45) is 17.2 Å². The number of nitrogens with two attached hydrogens (primary N) is 3. The number of esters is 1. The Morgan fingerprint density at radius 2 is 1.82 bits per heavy atom. The van der Waals surface area contributed by atoms with Gasteiger partial charge < -0.3 is 21.9 Å². The molecular weight excluding hydrogens is 218 g/mol. The summed E-state index contributed by atoms with van der Waals surface area (Å²) >= 11 is 0. The highest BCUT2D eigenvalue weighted by Crippen LogP contribution is 2.08. The Morgan fingerprint density at radius 1 is 1.18 bits per heavy atom. The van der Waals surface area contributed by atoms with Gasteiger partial charge in [-0.25, -0.2) is 0 Å². The first-order chi connectivity index (χ1) is 8.11.